The van der Waals surface area contributed by atoms with Crippen molar-refractivity contribution in [2.75, 3.05) is 7.11 Å². The molecule has 2 nitrogen and oxygen atoms in total. The molecule has 2 N–H and O–H groups in total. The highest BCUT2D eigenvalue weighted by molar-refractivity contribution is 5.73. The largest absolute Gasteiger partial charge is 0.496 e. The average molecular weight is 245 g/mol. The molecule has 0 heterocycles. The van der Waals surface area contributed by atoms with Crippen molar-refractivity contribution in [2.24, 2.45) is 5.73 Å². The topological polar surface area (TPSA) is 35.2 Å². The molecule has 0 fully saturated rings. The van der Waals surface area contributed by atoms with Crippen LogP contribution in [0.1, 0.15) is 42.4 Å². The number of hydrogen-bond acceptors (Lipinski definition) is 2. The van der Waals surface area contributed by atoms with E-state index in [1.807, 2.05) is 0 Å². The van der Waals surface area contributed by atoms with E-state index in [1.165, 1.54) is 35.1 Å². The van der Waals surface area contributed by atoms with Crippen LogP contribution in [0.3, 0.4) is 0 Å². The van der Waals surface area contributed by atoms with E-state index in [-0.39, 0.29) is 6.04 Å². The Bertz CT molecular complexity index is 462. The Morgan fingerprint density at radius 3 is 2.72 bits per heavy atom. The fourth-order valence-electron chi connectivity index (χ4n) is 2.65. The number of aryl methyl sites for hydroxylation is 1. The van der Waals surface area contributed by atoms with Crippen LogP contribution >= 0.6 is 0 Å². The normalized spacial score (nSPS) is 20.2. The molecule has 18 heavy (non-hydrogen) atoms. The van der Waals surface area contributed by atoms with E-state index < -0.39 is 0 Å². The third-order valence-corrected chi connectivity index (χ3v) is 3.88. The minimum absolute atomic E-state index is 0.189. The maximum atomic E-state index is 6.10. The molecule has 0 aromatic heterocycles. The van der Waals surface area contributed by atoms with Gasteiger partial charge in [0.05, 0.1) is 7.11 Å². The Labute approximate surface area is 110 Å². The zero-order valence-corrected chi connectivity index (χ0v) is 11.6. The lowest BCUT2D eigenvalue weighted by molar-refractivity contribution is 0.410. The van der Waals surface area contributed by atoms with Crippen LogP contribution in [0.25, 0.3) is 5.57 Å². The third-order valence-electron chi connectivity index (χ3n) is 3.88. The molecular formula is C16H23NO. The fraction of sp³-hybridized carbons (Fsp3) is 0.500. The summed E-state index contributed by atoms with van der Waals surface area (Å²) in [4.78, 5) is 0. The first-order valence-electron chi connectivity index (χ1n) is 6.74. The van der Waals surface area contributed by atoms with Gasteiger partial charge < -0.3 is 10.5 Å². The summed E-state index contributed by atoms with van der Waals surface area (Å²) < 4.78 is 5.60. The van der Waals surface area contributed by atoms with Gasteiger partial charge in [0.15, 0.2) is 0 Å². The van der Waals surface area contributed by atoms with Gasteiger partial charge in [-0.15, -0.1) is 0 Å². The van der Waals surface area contributed by atoms with Crippen LogP contribution in [-0.2, 0) is 0 Å². The Morgan fingerprint density at radius 2 is 2.00 bits per heavy atom. The summed E-state index contributed by atoms with van der Waals surface area (Å²) in [6, 6.07) is 4.53. The van der Waals surface area contributed by atoms with Crippen molar-refractivity contribution in [3.05, 3.63) is 34.9 Å². The Hall–Kier alpha value is -1.28. The molecule has 0 spiro atoms. The summed E-state index contributed by atoms with van der Waals surface area (Å²) in [6.07, 6.45) is 6.85. The van der Waals surface area contributed by atoms with Crippen LogP contribution in [0.15, 0.2) is 18.2 Å². The van der Waals surface area contributed by atoms with Crippen molar-refractivity contribution in [3.8, 4) is 5.75 Å². The molecule has 2 rings (SSSR count). The number of hydrogen-bond donors (Lipinski definition) is 1. The van der Waals surface area contributed by atoms with Gasteiger partial charge in [0.2, 0.25) is 0 Å². The first-order valence-corrected chi connectivity index (χ1v) is 6.74. The van der Waals surface area contributed by atoms with E-state index in [1.54, 1.807) is 7.11 Å². The predicted octanol–water partition coefficient (Wildman–Crippen LogP) is 3.60. The Balaban J connectivity index is 2.46. The molecule has 0 amide bonds. The van der Waals surface area contributed by atoms with Gasteiger partial charge in [-0.05, 0) is 49.8 Å². The van der Waals surface area contributed by atoms with Gasteiger partial charge in [0.1, 0.15) is 5.75 Å². The molecule has 0 saturated heterocycles. The number of benzene rings is 1. The van der Waals surface area contributed by atoms with Gasteiger partial charge in [0.25, 0.3) is 0 Å². The van der Waals surface area contributed by atoms with Crippen LogP contribution in [0.4, 0.5) is 0 Å². The summed E-state index contributed by atoms with van der Waals surface area (Å²) in [7, 11) is 1.75. The zero-order valence-electron chi connectivity index (χ0n) is 11.6. The highest BCUT2D eigenvalue weighted by Crippen LogP contribution is 2.35. The first-order chi connectivity index (χ1) is 8.63. The Morgan fingerprint density at radius 1 is 1.22 bits per heavy atom. The zero-order chi connectivity index (χ0) is 13.1. The lowest BCUT2D eigenvalue weighted by atomic mass is 9.95. The summed E-state index contributed by atoms with van der Waals surface area (Å²) >= 11 is 0. The molecule has 1 unspecified atom stereocenters. The van der Waals surface area contributed by atoms with Crippen LogP contribution in [0.5, 0.6) is 5.75 Å². The van der Waals surface area contributed by atoms with Crippen LogP contribution in [-0.4, -0.2) is 13.2 Å². The highest BCUT2D eigenvalue weighted by atomic mass is 16.5. The van der Waals surface area contributed by atoms with Crippen LogP contribution in [0.2, 0.25) is 0 Å². The number of nitrogens with two attached hydrogens (primary N) is 1. The molecule has 0 saturated carbocycles. The summed E-state index contributed by atoms with van der Waals surface area (Å²) in [5.74, 6) is 1.01. The monoisotopic (exact) mass is 245 g/mol. The van der Waals surface area contributed by atoms with Gasteiger partial charge >= 0.3 is 0 Å². The van der Waals surface area contributed by atoms with E-state index in [4.69, 9.17) is 10.5 Å². The van der Waals surface area contributed by atoms with Crippen molar-refractivity contribution in [2.45, 2.75) is 45.6 Å². The van der Waals surface area contributed by atoms with Gasteiger partial charge in [-0.25, -0.2) is 0 Å². The van der Waals surface area contributed by atoms with Crippen molar-refractivity contribution < 1.29 is 4.74 Å². The molecule has 1 aromatic carbocycles. The fourth-order valence-corrected chi connectivity index (χ4v) is 2.65. The smallest absolute Gasteiger partial charge is 0.129 e. The number of ether oxygens (including phenoxy) is 1. The molecule has 0 aliphatic heterocycles. The summed E-state index contributed by atoms with van der Waals surface area (Å²) in [5, 5.41) is 0. The van der Waals surface area contributed by atoms with Crippen LogP contribution in [0, 0.1) is 13.8 Å². The van der Waals surface area contributed by atoms with Crippen molar-refractivity contribution in [3.63, 3.8) is 0 Å². The molecule has 0 radical (unpaired) electrons. The number of methoxy groups -OCH3 is 1. The second kappa shape index (κ2) is 5.57. The van der Waals surface area contributed by atoms with Gasteiger partial charge in [0, 0.05) is 11.6 Å². The standard InChI is InChI=1S/C16H23NO/c1-11-8-9-15(16(18-3)12(11)2)13-6-4-5-7-14(17)10-13/h8-10,14H,4-7,17H2,1-3H3. The first kappa shape index (κ1) is 13.2. The van der Waals surface area contributed by atoms with E-state index in [0.29, 0.717) is 0 Å². The Kier molecular flexibility index (Phi) is 4.07. The van der Waals surface area contributed by atoms with Gasteiger partial charge in [-0.1, -0.05) is 24.6 Å². The molecule has 1 atom stereocenters. The minimum atomic E-state index is 0.189. The maximum absolute atomic E-state index is 6.10. The molecule has 98 valence electrons. The van der Waals surface area contributed by atoms with E-state index in [9.17, 15) is 0 Å². The molecule has 1 aromatic rings. The third kappa shape index (κ3) is 2.59. The van der Waals surface area contributed by atoms with Crippen molar-refractivity contribution in [1.29, 1.82) is 0 Å². The maximum Gasteiger partial charge on any atom is 0.129 e. The van der Waals surface area contributed by atoms with E-state index >= 15 is 0 Å². The number of allylic oxidation sites excluding steroid dienone is 1. The second-order valence-corrected chi connectivity index (χ2v) is 5.19. The molecule has 1 aliphatic carbocycles. The molecule has 2 heteroatoms. The highest BCUT2D eigenvalue weighted by Gasteiger charge is 2.15. The molecular weight excluding hydrogens is 222 g/mol. The lowest BCUT2D eigenvalue weighted by Crippen LogP contribution is -2.15. The van der Waals surface area contributed by atoms with E-state index in [2.05, 4.69) is 32.1 Å². The van der Waals surface area contributed by atoms with Crippen LogP contribution < -0.4 is 10.5 Å². The lowest BCUT2D eigenvalue weighted by Gasteiger charge is -2.16. The predicted molar refractivity (Wildman–Crippen MR) is 76.9 cm³/mol. The van der Waals surface area contributed by atoms with Crippen molar-refractivity contribution in [1.82, 2.24) is 0 Å². The summed E-state index contributed by atoms with van der Waals surface area (Å²) in [6.45, 7) is 4.24. The molecule has 0 bridgehead atoms. The number of rotatable bonds is 2. The van der Waals surface area contributed by atoms with Gasteiger partial charge in [-0.2, -0.15) is 0 Å². The van der Waals surface area contributed by atoms with Crippen molar-refractivity contribution >= 4 is 5.57 Å². The minimum Gasteiger partial charge on any atom is -0.496 e. The van der Waals surface area contributed by atoms with E-state index in [0.717, 1.165) is 18.6 Å². The molecule has 1 aliphatic rings. The SMILES string of the molecule is COc1c(C2=CC(N)CCCC2)ccc(C)c1C. The summed E-state index contributed by atoms with van der Waals surface area (Å²) in [5.41, 5.74) is 11.2. The second-order valence-electron chi connectivity index (χ2n) is 5.19. The quantitative estimate of drug-likeness (QED) is 0.864. The van der Waals surface area contributed by atoms with Gasteiger partial charge in [-0.3, -0.25) is 0 Å². The average Bonchev–Trinajstić information content (AvgIpc) is 2.57.